The van der Waals surface area contributed by atoms with E-state index >= 15 is 0 Å². The van der Waals surface area contributed by atoms with Crippen LogP contribution in [0.15, 0.2) is 223 Å². The summed E-state index contributed by atoms with van der Waals surface area (Å²) in [4.78, 5) is 17.6. The van der Waals surface area contributed by atoms with Crippen LogP contribution in [0.2, 0.25) is 0 Å². The van der Waals surface area contributed by atoms with Crippen molar-refractivity contribution in [2.75, 3.05) is 4.90 Å². The summed E-state index contributed by atoms with van der Waals surface area (Å²) in [6.07, 6.45) is 0. The van der Waals surface area contributed by atoms with Gasteiger partial charge >= 0.3 is 0 Å². The van der Waals surface area contributed by atoms with Crippen molar-refractivity contribution in [3.8, 4) is 56.4 Å². The molecule has 60 heavy (non-hydrogen) atoms. The van der Waals surface area contributed by atoms with E-state index in [1.54, 1.807) is 0 Å². The second kappa shape index (κ2) is 15.0. The molecule has 0 aliphatic heterocycles. The summed E-state index contributed by atoms with van der Waals surface area (Å²) in [6.45, 7) is 0. The van der Waals surface area contributed by atoms with Crippen molar-refractivity contribution in [3.05, 3.63) is 218 Å². The molecule has 0 saturated heterocycles. The maximum atomic E-state index is 6.70. The van der Waals surface area contributed by atoms with Crippen molar-refractivity contribution in [2.45, 2.75) is 0 Å². The molecule has 0 radical (unpaired) electrons. The molecule has 2 heterocycles. The van der Waals surface area contributed by atoms with E-state index in [2.05, 4.69) is 205 Å². The second-order valence-electron chi connectivity index (χ2n) is 14.9. The third kappa shape index (κ3) is 6.54. The number of rotatable bonds is 8. The summed E-state index contributed by atoms with van der Waals surface area (Å²) in [5, 5.41) is 4.28. The van der Waals surface area contributed by atoms with Gasteiger partial charge in [0.1, 0.15) is 11.2 Å². The molecule has 0 aliphatic rings. The third-order valence-electron chi connectivity index (χ3n) is 11.1. The molecule has 0 saturated carbocycles. The monoisotopic (exact) mass is 768 g/mol. The summed E-state index contributed by atoms with van der Waals surface area (Å²) >= 11 is 0. The van der Waals surface area contributed by atoms with E-state index in [1.807, 2.05) is 18.2 Å². The lowest BCUT2D eigenvalue weighted by Crippen LogP contribution is -2.09. The predicted molar refractivity (Wildman–Crippen MR) is 246 cm³/mol. The Labute approximate surface area is 347 Å². The molecule has 9 aromatic carbocycles. The fourth-order valence-corrected chi connectivity index (χ4v) is 8.12. The first-order valence-electron chi connectivity index (χ1n) is 20.1. The Morgan fingerprint density at radius 2 is 0.767 bits per heavy atom. The number of hydrogen-bond donors (Lipinski definition) is 0. The number of hydrogen-bond acceptors (Lipinski definition) is 5. The molecule has 0 aliphatic carbocycles. The van der Waals surface area contributed by atoms with Crippen LogP contribution < -0.4 is 4.90 Å². The summed E-state index contributed by atoms with van der Waals surface area (Å²) in [5.74, 6) is 1.80. The van der Waals surface area contributed by atoms with Crippen LogP contribution in [0.25, 0.3) is 89.1 Å². The topological polar surface area (TPSA) is 55.1 Å². The molecule has 5 heteroatoms. The molecule has 282 valence electrons. The molecule has 11 aromatic rings. The smallest absolute Gasteiger partial charge is 0.164 e. The van der Waals surface area contributed by atoms with Crippen molar-refractivity contribution in [1.29, 1.82) is 0 Å². The normalized spacial score (nSPS) is 11.3. The van der Waals surface area contributed by atoms with Crippen molar-refractivity contribution in [3.63, 3.8) is 0 Å². The second-order valence-corrected chi connectivity index (χ2v) is 14.9. The van der Waals surface area contributed by atoms with Gasteiger partial charge in [-0.3, -0.25) is 0 Å². The Bertz CT molecular complexity index is 3290. The number of furan rings is 1. The van der Waals surface area contributed by atoms with Crippen molar-refractivity contribution in [1.82, 2.24) is 15.0 Å². The Morgan fingerprint density at radius 3 is 1.47 bits per heavy atom. The summed E-state index contributed by atoms with van der Waals surface area (Å²) in [7, 11) is 0. The number of nitrogens with zero attached hydrogens (tertiary/aromatic N) is 4. The van der Waals surface area contributed by atoms with E-state index in [-0.39, 0.29) is 0 Å². The highest BCUT2D eigenvalue weighted by molar-refractivity contribution is 6.07. The number of fused-ring (bicyclic) bond motifs is 4. The SMILES string of the molecule is c1ccc(-c2ccc(-c3nc(-c4ccc5c(c4)oc4cc(N(c6ccccc6)c6ccc(-c7ccccc7)cc6)ccc45)nc(-c4cccc5ccccc45)n3)cc2)cc1. The zero-order valence-corrected chi connectivity index (χ0v) is 32.5. The van der Waals surface area contributed by atoms with E-state index in [4.69, 9.17) is 19.4 Å². The highest BCUT2D eigenvalue weighted by Crippen LogP contribution is 2.40. The molecule has 0 atom stereocenters. The Balaban J connectivity index is 1.00. The van der Waals surface area contributed by atoms with Crippen molar-refractivity contribution < 1.29 is 4.42 Å². The highest BCUT2D eigenvalue weighted by atomic mass is 16.3. The third-order valence-corrected chi connectivity index (χ3v) is 11.1. The largest absolute Gasteiger partial charge is 0.456 e. The summed E-state index contributed by atoms with van der Waals surface area (Å²) in [6, 6.07) is 75.7. The molecule has 11 rings (SSSR count). The van der Waals surface area contributed by atoms with Gasteiger partial charge in [-0.15, -0.1) is 0 Å². The van der Waals surface area contributed by atoms with Gasteiger partial charge in [0, 0.05) is 50.6 Å². The Kier molecular flexibility index (Phi) is 8.75. The number of anilines is 3. The molecule has 0 amide bonds. The Morgan fingerprint density at radius 1 is 0.300 bits per heavy atom. The van der Waals surface area contributed by atoms with Crippen LogP contribution in [-0.4, -0.2) is 15.0 Å². The summed E-state index contributed by atoms with van der Waals surface area (Å²) < 4.78 is 6.70. The van der Waals surface area contributed by atoms with E-state index in [1.165, 1.54) is 11.1 Å². The maximum Gasteiger partial charge on any atom is 0.164 e. The first kappa shape index (κ1) is 35.0. The molecule has 5 nitrogen and oxygen atoms in total. The van der Waals surface area contributed by atoms with Gasteiger partial charge in [-0.25, -0.2) is 15.0 Å². The Hall–Kier alpha value is -8.15. The first-order chi connectivity index (χ1) is 29.7. The van der Waals surface area contributed by atoms with Gasteiger partial charge in [0.25, 0.3) is 0 Å². The van der Waals surface area contributed by atoms with Crippen LogP contribution in [0.3, 0.4) is 0 Å². The van der Waals surface area contributed by atoms with Crippen LogP contribution in [-0.2, 0) is 0 Å². The molecular weight excluding hydrogens is 733 g/mol. The fourth-order valence-electron chi connectivity index (χ4n) is 8.12. The minimum atomic E-state index is 0.576. The van der Waals surface area contributed by atoms with Crippen LogP contribution >= 0.6 is 0 Å². The quantitative estimate of drug-likeness (QED) is 0.154. The zero-order valence-electron chi connectivity index (χ0n) is 32.5. The summed E-state index contributed by atoms with van der Waals surface area (Å²) in [5.41, 5.74) is 12.0. The van der Waals surface area contributed by atoms with E-state index in [9.17, 15) is 0 Å². The van der Waals surface area contributed by atoms with Gasteiger partial charge in [-0.2, -0.15) is 0 Å². The molecule has 0 fully saturated rings. The van der Waals surface area contributed by atoms with Gasteiger partial charge in [0.05, 0.1) is 0 Å². The first-order valence-corrected chi connectivity index (χ1v) is 20.1. The molecule has 0 N–H and O–H groups in total. The molecule has 2 aromatic heterocycles. The van der Waals surface area contributed by atoms with E-state index in [0.717, 1.165) is 77.6 Å². The standard InChI is InChI=1S/C55H36N4O/c1-4-13-37(14-5-1)39-23-25-42(26-24-39)53-56-54(58-55(57-53)50-22-12-18-41-17-10-11-21-47(41)50)43-29-33-48-49-34-32-46(36-52(49)60-51(48)35-43)59(44-19-8-3-9-20-44)45-30-27-40(28-31-45)38-15-6-2-7-16-38/h1-36H. The van der Waals surface area contributed by atoms with Crippen LogP contribution in [0.5, 0.6) is 0 Å². The van der Waals surface area contributed by atoms with Gasteiger partial charge in [0.15, 0.2) is 17.5 Å². The minimum absolute atomic E-state index is 0.576. The lowest BCUT2D eigenvalue weighted by Gasteiger charge is -2.25. The zero-order chi connectivity index (χ0) is 39.8. The molecule has 0 unspecified atom stereocenters. The van der Waals surface area contributed by atoms with E-state index < -0.39 is 0 Å². The average Bonchev–Trinajstić information content (AvgIpc) is 3.70. The van der Waals surface area contributed by atoms with Crippen molar-refractivity contribution in [2.24, 2.45) is 0 Å². The van der Waals surface area contributed by atoms with Gasteiger partial charge in [-0.1, -0.05) is 164 Å². The van der Waals surface area contributed by atoms with Crippen molar-refractivity contribution >= 4 is 49.8 Å². The number of para-hydroxylation sites is 1. The van der Waals surface area contributed by atoms with Gasteiger partial charge in [0.2, 0.25) is 0 Å². The lowest BCUT2D eigenvalue weighted by atomic mass is 10.0. The van der Waals surface area contributed by atoms with Crippen LogP contribution in [0.4, 0.5) is 17.1 Å². The van der Waals surface area contributed by atoms with Gasteiger partial charge in [-0.05, 0) is 81.6 Å². The van der Waals surface area contributed by atoms with E-state index in [0.29, 0.717) is 17.5 Å². The molecule has 0 spiro atoms. The van der Waals surface area contributed by atoms with Crippen LogP contribution in [0.1, 0.15) is 0 Å². The lowest BCUT2D eigenvalue weighted by molar-refractivity contribution is 0.669. The average molecular weight is 769 g/mol. The number of aromatic nitrogens is 3. The molecular formula is C55H36N4O. The highest BCUT2D eigenvalue weighted by Gasteiger charge is 2.18. The van der Waals surface area contributed by atoms with Crippen LogP contribution in [0, 0.1) is 0 Å². The maximum absolute atomic E-state index is 6.70. The molecule has 0 bridgehead atoms. The predicted octanol–water partition coefficient (Wildman–Crippen LogP) is 14.7. The fraction of sp³-hybridized carbons (Fsp3) is 0. The minimum Gasteiger partial charge on any atom is -0.456 e. The van der Waals surface area contributed by atoms with Gasteiger partial charge < -0.3 is 9.32 Å². The number of benzene rings is 9.